The molecule has 4 N–H and O–H groups in total. The van der Waals surface area contributed by atoms with Gasteiger partial charge in [-0.2, -0.15) is 9.97 Å². The van der Waals surface area contributed by atoms with Gasteiger partial charge in [-0.15, -0.1) is 0 Å². The van der Waals surface area contributed by atoms with E-state index in [-0.39, 0.29) is 78.7 Å². The molecule has 82 heavy (non-hydrogen) atoms. The number of rotatable bonds is 20. The maximum atomic E-state index is 15.3. The standard InChI is InChI=1S/C32H37F3N6O2.C28H28F3N5O3/c1-7-40(8-2)16-10-15-36-31-37-27(22-17-20(18-25(35)19(22)3)30(43)39-32(4,5)6)21-13-14-26(42)41(29(21)38-31)28-23(33)11-9-12-24(28)34;1-4-35(5-2)13-7-12-32-28-33-24(19-14-17(27(38)39)15-22(31)16(19)3)18-10-11-23(37)36(26(18)34-28)25-20(29)8-6-9-21(25)30/h9,11-14,17-18H,7-8,10,15-16H2,1-6H3,(H,39,43)(H,36,37,38);6,8-11,14-15H,4-5,7,12-13H2,1-3H3,(H,38,39)(H,32,33,34). The lowest BCUT2D eigenvalue weighted by atomic mass is 9.98. The second-order valence-electron chi connectivity index (χ2n) is 20.3. The lowest BCUT2D eigenvalue weighted by molar-refractivity contribution is 0.0695. The zero-order chi connectivity index (χ0) is 59.7. The van der Waals surface area contributed by atoms with Gasteiger partial charge in [0.2, 0.25) is 11.9 Å². The third kappa shape index (κ3) is 13.8. The second kappa shape index (κ2) is 26.4. The van der Waals surface area contributed by atoms with E-state index in [1.54, 1.807) is 6.92 Å². The molecule has 432 valence electrons. The summed E-state index contributed by atoms with van der Waals surface area (Å²) < 4.78 is 91.5. The van der Waals surface area contributed by atoms with E-state index in [1.165, 1.54) is 43.3 Å². The van der Waals surface area contributed by atoms with Crippen LogP contribution >= 0.6 is 0 Å². The Balaban J connectivity index is 0.000000237. The molecule has 0 radical (unpaired) electrons. The van der Waals surface area contributed by atoms with Crippen LogP contribution in [0.1, 0.15) is 93.2 Å². The molecule has 1 amide bonds. The lowest BCUT2D eigenvalue weighted by Gasteiger charge is -2.21. The van der Waals surface area contributed by atoms with Gasteiger partial charge in [-0.1, -0.05) is 39.8 Å². The maximum absolute atomic E-state index is 15.3. The van der Waals surface area contributed by atoms with E-state index >= 15 is 4.39 Å². The van der Waals surface area contributed by atoms with Crippen LogP contribution in [-0.4, -0.2) is 114 Å². The number of hydrogen-bond acceptors (Lipinski definition) is 12. The molecule has 4 heterocycles. The Labute approximate surface area is 469 Å². The highest BCUT2D eigenvalue weighted by Gasteiger charge is 2.26. The minimum Gasteiger partial charge on any atom is -0.478 e. The van der Waals surface area contributed by atoms with Crippen LogP contribution in [0.4, 0.5) is 38.2 Å². The molecule has 0 saturated heterocycles. The van der Waals surface area contributed by atoms with Crippen molar-refractivity contribution in [1.29, 1.82) is 0 Å². The van der Waals surface area contributed by atoms with Gasteiger partial charge in [0.05, 0.1) is 17.0 Å². The molecule has 8 rings (SSSR count). The van der Waals surface area contributed by atoms with Crippen LogP contribution < -0.4 is 27.1 Å². The van der Waals surface area contributed by atoms with Gasteiger partial charge in [0.1, 0.15) is 46.3 Å². The van der Waals surface area contributed by atoms with Gasteiger partial charge in [0, 0.05) is 58.2 Å². The number of carboxylic acid groups (broad SMARTS) is 1. The number of carboxylic acids is 1. The highest BCUT2D eigenvalue weighted by atomic mass is 19.2. The molecule has 0 aliphatic heterocycles. The minimum absolute atomic E-state index is 0.0358. The summed E-state index contributed by atoms with van der Waals surface area (Å²) in [6.45, 7) is 22.8. The fraction of sp³-hybridized carbons (Fsp3) is 0.333. The number of aromatic nitrogens is 6. The Morgan fingerprint density at radius 2 is 0.927 bits per heavy atom. The topological polar surface area (TPSA) is 192 Å². The number of fused-ring (bicyclic) bond motifs is 2. The molecule has 4 aromatic carbocycles. The number of benzene rings is 4. The van der Waals surface area contributed by atoms with Crippen molar-refractivity contribution in [2.24, 2.45) is 0 Å². The van der Waals surface area contributed by atoms with E-state index in [2.05, 4.69) is 73.4 Å². The van der Waals surface area contributed by atoms with Gasteiger partial charge in [0.15, 0.2) is 11.3 Å². The minimum atomic E-state index is -1.34. The third-order valence-electron chi connectivity index (χ3n) is 13.7. The van der Waals surface area contributed by atoms with Gasteiger partial charge in [-0.3, -0.25) is 23.5 Å². The number of nitrogens with zero attached hydrogens (tertiary/aromatic N) is 8. The molecular formula is C60H65F6N11O5. The molecule has 0 aliphatic rings. The van der Waals surface area contributed by atoms with Crippen LogP contribution in [0.15, 0.2) is 94.5 Å². The highest BCUT2D eigenvalue weighted by Crippen LogP contribution is 2.35. The molecule has 0 unspecified atom stereocenters. The molecule has 22 heteroatoms. The number of para-hydroxylation sites is 2. The maximum Gasteiger partial charge on any atom is 0.335 e. The monoisotopic (exact) mass is 1130 g/mol. The average Bonchev–Trinajstić information content (AvgIpc) is 3.23. The summed E-state index contributed by atoms with van der Waals surface area (Å²) in [5.74, 6) is -6.96. The molecule has 0 saturated carbocycles. The van der Waals surface area contributed by atoms with E-state index < -0.39 is 74.8 Å². The summed E-state index contributed by atoms with van der Waals surface area (Å²) in [7, 11) is 0. The van der Waals surface area contributed by atoms with Gasteiger partial charge in [-0.05, 0) is 159 Å². The van der Waals surface area contributed by atoms with Gasteiger partial charge >= 0.3 is 5.97 Å². The predicted molar refractivity (Wildman–Crippen MR) is 306 cm³/mol. The molecule has 8 aromatic rings. The first kappa shape index (κ1) is 61.1. The molecule has 0 bridgehead atoms. The summed E-state index contributed by atoms with van der Waals surface area (Å²) in [5.41, 5.74) is -2.62. The zero-order valence-electron chi connectivity index (χ0n) is 47.1. The summed E-state index contributed by atoms with van der Waals surface area (Å²) in [6.07, 6.45) is 1.47. The van der Waals surface area contributed by atoms with Crippen LogP contribution in [0.3, 0.4) is 0 Å². The van der Waals surface area contributed by atoms with E-state index in [0.29, 0.717) is 13.1 Å². The Bertz CT molecular complexity index is 3760. The number of pyridine rings is 2. The van der Waals surface area contributed by atoms with Crippen molar-refractivity contribution in [3.05, 3.63) is 163 Å². The van der Waals surface area contributed by atoms with Crippen molar-refractivity contribution in [2.75, 3.05) is 63.0 Å². The summed E-state index contributed by atoms with van der Waals surface area (Å²) >= 11 is 0. The number of hydrogen-bond donors (Lipinski definition) is 4. The van der Waals surface area contributed by atoms with E-state index in [0.717, 1.165) is 110 Å². The quantitative estimate of drug-likeness (QED) is 0.0417. The Hall–Kier alpha value is -8.50. The largest absolute Gasteiger partial charge is 0.478 e. The summed E-state index contributed by atoms with van der Waals surface area (Å²) in [5, 5.41) is 19.0. The number of nitrogens with one attached hydrogen (secondary N) is 3. The number of halogens is 6. The highest BCUT2D eigenvalue weighted by molar-refractivity contribution is 5.99. The predicted octanol–water partition coefficient (Wildman–Crippen LogP) is 10.9. The van der Waals surface area contributed by atoms with E-state index in [1.807, 2.05) is 20.8 Å². The van der Waals surface area contributed by atoms with E-state index in [9.17, 15) is 46.2 Å². The third-order valence-corrected chi connectivity index (χ3v) is 13.7. The molecule has 0 aliphatic carbocycles. The SMILES string of the molecule is CCN(CC)CCCNc1nc(-c2cc(C(=O)NC(C)(C)C)cc(F)c2C)c2ccc(=O)n(-c3c(F)cccc3F)c2n1.CCN(CC)CCCNc1nc(-c2cc(C(=O)O)cc(F)c2C)c2ccc(=O)n(-c3c(F)cccc3F)c2n1. The van der Waals surface area contributed by atoms with Crippen LogP contribution in [0.2, 0.25) is 0 Å². The van der Waals surface area contributed by atoms with E-state index in [4.69, 9.17) is 0 Å². The Kier molecular flexibility index (Phi) is 19.7. The van der Waals surface area contributed by atoms with Crippen molar-refractivity contribution >= 4 is 45.8 Å². The van der Waals surface area contributed by atoms with Crippen molar-refractivity contribution in [3.8, 4) is 33.9 Å². The van der Waals surface area contributed by atoms with Crippen molar-refractivity contribution in [1.82, 2.24) is 44.2 Å². The summed E-state index contributed by atoms with van der Waals surface area (Å²) in [4.78, 5) is 73.4. The van der Waals surface area contributed by atoms with Crippen LogP contribution in [-0.2, 0) is 0 Å². The molecule has 0 spiro atoms. The number of anilines is 2. The van der Waals surface area contributed by atoms with Gasteiger partial charge in [-0.25, -0.2) is 41.1 Å². The van der Waals surface area contributed by atoms with Crippen molar-refractivity contribution in [3.63, 3.8) is 0 Å². The van der Waals surface area contributed by atoms with Crippen LogP contribution in [0.5, 0.6) is 0 Å². The van der Waals surface area contributed by atoms with Crippen molar-refractivity contribution < 1.29 is 41.0 Å². The molecule has 16 nitrogen and oxygen atoms in total. The second-order valence-corrected chi connectivity index (χ2v) is 20.3. The number of carbonyl (C=O) groups excluding carboxylic acids is 1. The molecular weight excluding hydrogens is 1070 g/mol. The smallest absolute Gasteiger partial charge is 0.335 e. The molecule has 0 atom stereocenters. The fourth-order valence-corrected chi connectivity index (χ4v) is 9.24. The van der Waals surface area contributed by atoms with Crippen molar-refractivity contribution in [2.45, 2.75) is 80.7 Å². The Morgan fingerprint density at radius 1 is 0.549 bits per heavy atom. The molecule has 0 fully saturated rings. The summed E-state index contributed by atoms with van der Waals surface area (Å²) in [6, 6.07) is 16.4. The van der Waals surface area contributed by atoms with Crippen LogP contribution in [0, 0.1) is 48.8 Å². The number of aromatic carboxylic acids is 1. The first-order chi connectivity index (χ1) is 39.0. The first-order valence-corrected chi connectivity index (χ1v) is 26.9. The number of amides is 1. The lowest BCUT2D eigenvalue weighted by Crippen LogP contribution is -2.40. The fourth-order valence-electron chi connectivity index (χ4n) is 9.24. The average molecular weight is 1130 g/mol. The van der Waals surface area contributed by atoms with Gasteiger partial charge in [0.25, 0.3) is 17.0 Å². The van der Waals surface area contributed by atoms with Gasteiger partial charge < -0.3 is 30.9 Å². The number of carbonyl (C=O) groups is 2. The van der Waals surface area contributed by atoms with Crippen LogP contribution in [0.25, 0.3) is 56.0 Å². The zero-order valence-corrected chi connectivity index (χ0v) is 47.1. The normalized spacial score (nSPS) is 11.6. The molecule has 4 aromatic heterocycles. The Morgan fingerprint density at radius 3 is 1.29 bits per heavy atom. The first-order valence-electron chi connectivity index (χ1n) is 26.9.